The lowest BCUT2D eigenvalue weighted by Gasteiger charge is -2.25. The van der Waals surface area contributed by atoms with Crippen molar-refractivity contribution >= 4 is 28.7 Å². The maximum absolute atomic E-state index is 12.2. The van der Waals surface area contributed by atoms with Gasteiger partial charge in [-0.3, -0.25) is 0 Å². The van der Waals surface area contributed by atoms with Gasteiger partial charge < -0.3 is 24.4 Å². The van der Waals surface area contributed by atoms with Gasteiger partial charge in [-0.15, -0.1) is 0 Å². The number of hydrogen-bond donors (Lipinski definition) is 2. The molecule has 2 aromatic carbocycles. The molecular weight excluding hydrogens is 401 g/mol. The molecule has 0 aliphatic heterocycles. The Hall–Kier alpha value is -2.16. The summed E-state index contributed by atoms with van der Waals surface area (Å²) in [6, 6.07) is 14.9. The van der Waals surface area contributed by atoms with Gasteiger partial charge in [0.25, 0.3) is 0 Å². The van der Waals surface area contributed by atoms with E-state index >= 15 is 0 Å². The summed E-state index contributed by atoms with van der Waals surface area (Å²) >= 11 is 0. The number of rotatable bonds is 10. The second-order valence-corrected chi connectivity index (χ2v) is 12.7. The molecule has 1 amide bonds. The maximum Gasteiger partial charge on any atom is 0.488 e. The summed E-state index contributed by atoms with van der Waals surface area (Å²) in [6.45, 7) is 1.25. The van der Waals surface area contributed by atoms with Crippen LogP contribution in [0, 0.1) is 0 Å². The first-order valence-corrected chi connectivity index (χ1v) is 12.9. The van der Waals surface area contributed by atoms with Crippen LogP contribution in [0.25, 0.3) is 0 Å². The van der Waals surface area contributed by atoms with Crippen LogP contribution < -0.4 is 10.2 Å². The number of benzene rings is 2. The van der Waals surface area contributed by atoms with Gasteiger partial charge in [-0.1, -0.05) is 42.5 Å². The predicted octanol–water partition coefficient (Wildman–Crippen LogP) is 2.25. The van der Waals surface area contributed by atoms with E-state index in [4.69, 9.17) is 9.47 Å². The van der Waals surface area contributed by atoms with Gasteiger partial charge in [-0.05, 0) is 47.8 Å². The van der Waals surface area contributed by atoms with Gasteiger partial charge in [0.15, 0.2) is 0 Å². The Morgan fingerprint density at radius 1 is 1.10 bits per heavy atom. The molecule has 6 nitrogen and oxygen atoms in total. The number of likely N-dealkylation sites (N-methyl/N-ethyl adjacent to an activating group) is 1. The van der Waals surface area contributed by atoms with Gasteiger partial charge in [0, 0.05) is 19.3 Å². The monoisotopic (exact) mass is 433 g/mol. The second-order valence-electron chi connectivity index (χ2n) is 8.10. The van der Waals surface area contributed by atoms with Crippen molar-refractivity contribution in [1.82, 2.24) is 4.90 Å². The van der Waals surface area contributed by atoms with E-state index in [0.29, 0.717) is 37.4 Å². The Kier molecular flexibility index (Phi) is 9.08. The molecule has 0 bridgehead atoms. The third-order valence-corrected chi connectivity index (χ3v) is 5.96. The Morgan fingerprint density at radius 2 is 1.80 bits per heavy atom. The van der Waals surface area contributed by atoms with Crippen molar-refractivity contribution in [3.05, 3.63) is 59.7 Å². The number of nitrogens with zero attached hydrogens (tertiary/aromatic N) is 1. The van der Waals surface area contributed by atoms with Crippen LogP contribution in [-0.4, -0.2) is 72.9 Å². The van der Waals surface area contributed by atoms with Gasteiger partial charge in [0.1, 0.15) is 19.0 Å². The Labute approximate surface area is 181 Å². The summed E-state index contributed by atoms with van der Waals surface area (Å²) in [5, 5.41) is 19.0. The summed E-state index contributed by atoms with van der Waals surface area (Å²) in [5.41, 5.74) is 2.22. The largest absolute Gasteiger partial charge is 0.489 e. The van der Waals surface area contributed by atoms with Crippen LogP contribution in [0.15, 0.2) is 48.5 Å². The summed E-state index contributed by atoms with van der Waals surface area (Å²) in [6.07, 6.45) is 6.70. The van der Waals surface area contributed by atoms with E-state index in [1.807, 2.05) is 30.3 Å². The fourth-order valence-corrected chi connectivity index (χ4v) is 3.28. The predicted molar refractivity (Wildman–Crippen MR) is 125 cm³/mol. The average Bonchev–Trinajstić information content (AvgIpc) is 2.70. The minimum atomic E-state index is -1.56. The SMILES string of the molecule is CN(CCc1cc(B(O)O)ccc1OCc1ccccc1)C(=O)OCCS(C)(C)C. The van der Waals surface area contributed by atoms with Crippen molar-refractivity contribution in [1.29, 1.82) is 0 Å². The Balaban J connectivity index is 1.99. The molecule has 2 N–H and O–H groups in total. The lowest BCUT2D eigenvalue weighted by atomic mass is 9.79. The van der Waals surface area contributed by atoms with Crippen LogP contribution in [-0.2, 0) is 17.8 Å². The van der Waals surface area contributed by atoms with Crippen molar-refractivity contribution in [3.8, 4) is 5.75 Å². The third kappa shape index (κ3) is 8.30. The number of amides is 1. The molecule has 164 valence electrons. The van der Waals surface area contributed by atoms with Crippen LogP contribution in [0.4, 0.5) is 4.79 Å². The van der Waals surface area contributed by atoms with Crippen molar-refractivity contribution in [3.63, 3.8) is 0 Å². The molecule has 0 saturated carbocycles. The van der Waals surface area contributed by atoms with E-state index in [0.717, 1.165) is 16.9 Å². The van der Waals surface area contributed by atoms with Crippen molar-refractivity contribution in [2.45, 2.75) is 13.0 Å². The van der Waals surface area contributed by atoms with Crippen molar-refractivity contribution in [2.24, 2.45) is 0 Å². The minimum absolute atomic E-state index is 0.358. The molecule has 0 fully saturated rings. The molecule has 0 aliphatic rings. The summed E-state index contributed by atoms with van der Waals surface area (Å²) < 4.78 is 11.3. The van der Waals surface area contributed by atoms with E-state index in [1.165, 1.54) is 4.90 Å². The number of hydrogen-bond acceptors (Lipinski definition) is 5. The second kappa shape index (κ2) is 11.3. The molecule has 0 heterocycles. The maximum atomic E-state index is 12.2. The van der Waals surface area contributed by atoms with Crippen molar-refractivity contribution < 1.29 is 24.3 Å². The first-order chi connectivity index (χ1) is 14.2. The van der Waals surface area contributed by atoms with Crippen LogP contribution in [0.5, 0.6) is 5.75 Å². The fourth-order valence-electron chi connectivity index (χ4n) is 2.70. The first kappa shape index (κ1) is 24.1. The van der Waals surface area contributed by atoms with E-state index in [-0.39, 0.29) is 6.09 Å². The van der Waals surface area contributed by atoms with Crippen LogP contribution in [0.1, 0.15) is 11.1 Å². The lowest BCUT2D eigenvalue weighted by Crippen LogP contribution is -2.32. The molecule has 0 saturated heterocycles. The quantitative estimate of drug-likeness (QED) is 0.562. The zero-order valence-corrected chi connectivity index (χ0v) is 19.0. The van der Waals surface area contributed by atoms with E-state index in [2.05, 4.69) is 18.8 Å². The molecule has 30 heavy (non-hydrogen) atoms. The average molecular weight is 433 g/mol. The highest BCUT2D eigenvalue weighted by Gasteiger charge is 2.17. The van der Waals surface area contributed by atoms with E-state index < -0.39 is 17.1 Å². The fraction of sp³-hybridized carbons (Fsp3) is 0.409. The highest BCUT2D eigenvalue weighted by Crippen LogP contribution is 2.33. The Bertz CT molecular complexity index is 811. The van der Waals surface area contributed by atoms with Crippen LogP contribution in [0.2, 0.25) is 0 Å². The lowest BCUT2D eigenvalue weighted by molar-refractivity contribution is 0.117. The molecule has 0 unspecified atom stereocenters. The van der Waals surface area contributed by atoms with Gasteiger partial charge >= 0.3 is 13.2 Å². The molecule has 2 aromatic rings. The summed E-state index contributed by atoms with van der Waals surface area (Å²) in [5.74, 6) is 1.53. The molecule has 2 rings (SSSR count). The van der Waals surface area contributed by atoms with Gasteiger partial charge in [-0.25, -0.2) is 14.8 Å². The third-order valence-electron chi connectivity index (χ3n) is 4.57. The molecule has 0 aromatic heterocycles. The minimum Gasteiger partial charge on any atom is -0.489 e. The van der Waals surface area contributed by atoms with Gasteiger partial charge in [0.05, 0.1) is 0 Å². The zero-order valence-electron chi connectivity index (χ0n) is 18.2. The van der Waals surface area contributed by atoms with Crippen LogP contribution >= 0.6 is 10.0 Å². The number of carbonyl (C=O) groups is 1. The highest BCUT2D eigenvalue weighted by molar-refractivity contribution is 8.32. The molecular formula is C22H32BNO5S. The van der Waals surface area contributed by atoms with Gasteiger partial charge in [0.2, 0.25) is 0 Å². The number of ether oxygens (including phenoxy) is 2. The molecule has 0 radical (unpaired) electrons. The van der Waals surface area contributed by atoms with E-state index in [1.54, 1.807) is 25.2 Å². The Morgan fingerprint density at radius 3 is 2.43 bits per heavy atom. The van der Waals surface area contributed by atoms with E-state index in [9.17, 15) is 14.8 Å². The molecule has 0 atom stereocenters. The molecule has 0 aliphatic carbocycles. The van der Waals surface area contributed by atoms with Gasteiger partial charge in [-0.2, -0.15) is 0 Å². The summed E-state index contributed by atoms with van der Waals surface area (Å²) in [4.78, 5) is 13.8. The normalized spacial score (nSPS) is 11.7. The smallest absolute Gasteiger partial charge is 0.488 e. The standard InChI is InChI=1S/C22H32BNO5S/c1-24(22(25)28-14-15-30(2,3)4)13-12-19-16-20(23(26)27)10-11-21(19)29-17-18-8-6-5-7-9-18/h5-11,16,26-27H,12-15,17H2,1-4H3. The molecule has 0 spiro atoms. The highest BCUT2D eigenvalue weighted by atomic mass is 32.3. The summed E-state index contributed by atoms with van der Waals surface area (Å²) in [7, 11) is -0.573. The zero-order chi connectivity index (χ0) is 22.1. The topological polar surface area (TPSA) is 79.2 Å². The van der Waals surface area contributed by atoms with Crippen LogP contribution in [0.3, 0.4) is 0 Å². The molecule has 8 heteroatoms. The first-order valence-electron chi connectivity index (χ1n) is 9.85. The number of carbonyl (C=O) groups excluding carboxylic acids is 1. The van der Waals surface area contributed by atoms with Crippen molar-refractivity contribution in [2.75, 3.05) is 44.7 Å².